The van der Waals surface area contributed by atoms with Gasteiger partial charge < -0.3 is 9.80 Å². The Hall–Kier alpha value is -3.81. The van der Waals surface area contributed by atoms with Crippen LogP contribution in [-0.4, -0.2) is 56.7 Å². The molecule has 4 aromatic rings. The van der Waals surface area contributed by atoms with Crippen LogP contribution in [0.2, 0.25) is 0 Å². The second-order valence-corrected chi connectivity index (χ2v) is 9.10. The highest BCUT2D eigenvalue weighted by Crippen LogP contribution is 2.40. The van der Waals surface area contributed by atoms with Gasteiger partial charge in [-0.3, -0.25) is 4.79 Å². The topological polar surface area (TPSA) is 67.2 Å². The molecule has 3 heterocycles. The van der Waals surface area contributed by atoms with Crippen molar-refractivity contribution in [3.05, 3.63) is 77.5 Å². The van der Waals surface area contributed by atoms with E-state index in [2.05, 4.69) is 10.00 Å². The zero-order valence-electron chi connectivity index (χ0n) is 19.0. The highest BCUT2D eigenvalue weighted by molar-refractivity contribution is 5.94. The van der Waals surface area contributed by atoms with Crippen molar-refractivity contribution < 1.29 is 9.18 Å². The lowest BCUT2D eigenvalue weighted by Crippen LogP contribution is -2.49. The Morgan fingerprint density at radius 1 is 0.941 bits per heavy atom. The molecule has 2 aromatic heterocycles. The van der Waals surface area contributed by atoms with Gasteiger partial charge in [-0.1, -0.05) is 17.7 Å². The maximum atomic E-state index is 13.5. The van der Waals surface area contributed by atoms with E-state index in [0.29, 0.717) is 32.1 Å². The summed E-state index contributed by atoms with van der Waals surface area (Å²) in [6.45, 7) is 4.65. The number of rotatable bonds is 4. The molecule has 172 valence electrons. The summed E-state index contributed by atoms with van der Waals surface area (Å²) in [5, 5.41) is 5.43. The van der Waals surface area contributed by atoms with Crippen LogP contribution < -0.4 is 4.90 Å². The molecule has 1 saturated heterocycles. The molecule has 2 fully saturated rings. The minimum Gasteiger partial charge on any atom is -0.352 e. The molecule has 7 nitrogen and oxygen atoms in total. The monoisotopic (exact) mass is 456 g/mol. The summed E-state index contributed by atoms with van der Waals surface area (Å²) in [5.74, 6) is 1.86. The normalized spacial score (nSPS) is 16.3. The van der Waals surface area contributed by atoms with Gasteiger partial charge in [0.05, 0.1) is 17.3 Å². The maximum absolute atomic E-state index is 13.5. The van der Waals surface area contributed by atoms with Crippen LogP contribution in [0.5, 0.6) is 0 Å². The summed E-state index contributed by atoms with van der Waals surface area (Å²) in [5.41, 5.74) is 3.36. The van der Waals surface area contributed by atoms with Gasteiger partial charge in [0, 0.05) is 37.7 Å². The molecular weight excluding hydrogens is 431 g/mol. The van der Waals surface area contributed by atoms with Crippen molar-refractivity contribution in [2.75, 3.05) is 31.1 Å². The second-order valence-electron chi connectivity index (χ2n) is 9.10. The third-order valence-electron chi connectivity index (χ3n) is 6.60. The fourth-order valence-corrected chi connectivity index (χ4v) is 4.45. The van der Waals surface area contributed by atoms with Gasteiger partial charge in [-0.05, 0) is 56.2 Å². The van der Waals surface area contributed by atoms with Gasteiger partial charge >= 0.3 is 0 Å². The van der Waals surface area contributed by atoms with Gasteiger partial charge in [0.2, 0.25) is 0 Å². The zero-order valence-corrected chi connectivity index (χ0v) is 19.0. The Balaban J connectivity index is 1.29. The summed E-state index contributed by atoms with van der Waals surface area (Å²) in [6.07, 6.45) is 3.97. The van der Waals surface area contributed by atoms with E-state index in [-0.39, 0.29) is 11.7 Å². The Kier molecular flexibility index (Phi) is 5.01. The first-order valence-electron chi connectivity index (χ1n) is 11.7. The average Bonchev–Trinajstić information content (AvgIpc) is 3.63. The predicted octanol–water partition coefficient (Wildman–Crippen LogP) is 4.10. The van der Waals surface area contributed by atoms with Crippen LogP contribution in [0.4, 0.5) is 10.2 Å². The summed E-state index contributed by atoms with van der Waals surface area (Å²) in [4.78, 5) is 26.9. The standard InChI is InChI=1S/C26H25FN6O/c1-17-2-4-19(5-3-17)26(34)32-14-12-31(13-15-32)24-22-16-28-33(21-10-8-20(27)9-11-21)25(22)30-23(29-24)18-6-7-18/h2-5,8-11,16,18H,6-7,12-15H2,1H3. The summed E-state index contributed by atoms with van der Waals surface area (Å²) in [7, 11) is 0. The van der Waals surface area contributed by atoms with Crippen LogP contribution in [0.15, 0.2) is 54.7 Å². The first kappa shape index (κ1) is 20.8. The van der Waals surface area contributed by atoms with E-state index < -0.39 is 0 Å². The zero-order chi connectivity index (χ0) is 23.2. The van der Waals surface area contributed by atoms with Gasteiger partial charge in [-0.25, -0.2) is 19.0 Å². The van der Waals surface area contributed by atoms with Gasteiger partial charge in [-0.2, -0.15) is 5.10 Å². The van der Waals surface area contributed by atoms with E-state index in [0.717, 1.165) is 52.3 Å². The first-order valence-corrected chi connectivity index (χ1v) is 11.7. The minimum atomic E-state index is -0.285. The van der Waals surface area contributed by atoms with Crippen molar-refractivity contribution in [1.82, 2.24) is 24.6 Å². The molecular formula is C26H25FN6O. The number of halogens is 1. The molecule has 1 saturated carbocycles. The Morgan fingerprint density at radius 3 is 2.32 bits per heavy atom. The van der Waals surface area contributed by atoms with Crippen molar-refractivity contribution in [2.24, 2.45) is 0 Å². The van der Waals surface area contributed by atoms with Crippen molar-refractivity contribution >= 4 is 22.8 Å². The third-order valence-corrected chi connectivity index (χ3v) is 6.60. The molecule has 6 rings (SSSR count). The van der Waals surface area contributed by atoms with E-state index in [1.165, 1.54) is 12.1 Å². The highest BCUT2D eigenvalue weighted by Gasteiger charge is 2.31. The van der Waals surface area contributed by atoms with E-state index in [4.69, 9.17) is 9.97 Å². The number of amides is 1. The van der Waals surface area contributed by atoms with Crippen LogP contribution in [0.3, 0.4) is 0 Å². The lowest BCUT2D eigenvalue weighted by molar-refractivity contribution is 0.0746. The van der Waals surface area contributed by atoms with Crippen molar-refractivity contribution in [3.63, 3.8) is 0 Å². The van der Waals surface area contributed by atoms with Crippen LogP contribution in [-0.2, 0) is 0 Å². The van der Waals surface area contributed by atoms with Gasteiger partial charge in [0.25, 0.3) is 5.91 Å². The summed E-state index contributed by atoms with van der Waals surface area (Å²) in [6, 6.07) is 14.0. The van der Waals surface area contributed by atoms with Crippen LogP contribution in [0, 0.1) is 12.7 Å². The van der Waals surface area contributed by atoms with E-state index in [9.17, 15) is 9.18 Å². The number of hydrogen-bond acceptors (Lipinski definition) is 5. The van der Waals surface area contributed by atoms with E-state index >= 15 is 0 Å². The molecule has 0 atom stereocenters. The van der Waals surface area contributed by atoms with Crippen molar-refractivity contribution in [1.29, 1.82) is 0 Å². The number of piperazine rings is 1. The van der Waals surface area contributed by atoms with Crippen LogP contribution >= 0.6 is 0 Å². The van der Waals surface area contributed by atoms with Crippen LogP contribution in [0.25, 0.3) is 16.7 Å². The second kappa shape index (κ2) is 8.20. The Labute approximate surface area is 196 Å². The quantitative estimate of drug-likeness (QED) is 0.463. The summed E-state index contributed by atoms with van der Waals surface area (Å²) >= 11 is 0. The molecule has 1 aliphatic carbocycles. The number of carbonyl (C=O) groups excluding carboxylic acids is 1. The van der Waals surface area contributed by atoms with Gasteiger partial charge in [0.15, 0.2) is 5.65 Å². The van der Waals surface area contributed by atoms with E-state index in [1.54, 1.807) is 23.0 Å². The molecule has 2 aromatic carbocycles. The molecule has 0 spiro atoms. The number of anilines is 1. The Morgan fingerprint density at radius 2 is 1.65 bits per heavy atom. The molecule has 2 aliphatic rings. The largest absolute Gasteiger partial charge is 0.352 e. The minimum absolute atomic E-state index is 0.0651. The molecule has 0 unspecified atom stereocenters. The molecule has 1 amide bonds. The molecule has 0 N–H and O–H groups in total. The number of benzene rings is 2. The number of nitrogens with zero attached hydrogens (tertiary/aromatic N) is 6. The highest BCUT2D eigenvalue weighted by atomic mass is 19.1. The molecule has 0 bridgehead atoms. The SMILES string of the molecule is Cc1ccc(C(=O)N2CCN(c3nc(C4CC4)nc4c3cnn4-c3ccc(F)cc3)CC2)cc1. The fourth-order valence-electron chi connectivity index (χ4n) is 4.45. The maximum Gasteiger partial charge on any atom is 0.253 e. The first-order chi connectivity index (χ1) is 16.6. The molecule has 34 heavy (non-hydrogen) atoms. The fraction of sp³-hybridized carbons (Fsp3) is 0.308. The lowest BCUT2D eigenvalue weighted by Gasteiger charge is -2.35. The van der Waals surface area contributed by atoms with Gasteiger partial charge in [-0.15, -0.1) is 0 Å². The number of aromatic nitrogens is 4. The number of fused-ring (bicyclic) bond motifs is 1. The Bertz CT molecular complexity index is 1350. The van der Waals surface area contributed by atoms with Gasteiger partial charge in [0.1, 0.15) is 17.5 Å². The average molecular weight is 457 g/mol. The number of carbonyl (C=O) groups is 1. The van der Waals surface area contributed by atoms with Crippen molar-refractivity contribution in [3.8, 4) is 5.69 Å². The number of aryl methyl sites for hydroxylation is 1. The molecule has 1 aliphatic heterocycles. The molecule has 8 heteroatoms. The predicted molar refractivity (Wildman–Crippen MR) is 128 cm³/mol. The van der Waals surface area contributed by atoms with E-state index in [1.807, 2.05) is 36.1 Å². The summed E-state index contributed by atoms with van der Waals surface area (Å²) < 4.78 is 15.2. The lowest BCUT2D eigenvalue weighted by atomic mass is 10.1. The number of hydrogen-bond donors (Lipinski definition) is 0. The third kappa shape index (κ3) is 3.79. The van der Waals surface area contributed by atoms with Crippen LogP contribution in [0.1, 0.15) is 40.5 Å². The smallest absolute Gasteiger partial charge is 0.253 e. The van der Waals surface area contributed by atoms with Crippen molar-refractivity contribution in [2.45, 2.75) is 25.7 Å². The molecule has 0 radical (unpaired) electrons.